The Kier molecular flexibility index (Phi) is 19.7. The molecule has 0 N–H and O–H groups in total. The highest BCUT2D eigenvalue weighted by atomic mass is 16.8. The Labute approximate surface area is 381 Å². The van der Waals surface area contributed by atoms with Crippen molar-refractivity contribution in [2.24, 2.45) is 0 Å². The van der Waals surface area contributed by atoms with E-state index < -0.39 is 185 Å². The van der Waals surface area contributed by atoms with Crippen molar-refractivity contribution in [3.8, 4) is 0 Å². The van der Waals surface area contributed by atoms with Gasteiger partial charge in [0.2, 0.25) is 12.4 Å². The van der Waals surface area contributed by atoms with Gasteiger partial charge < -0.3 is 80.5 Å². The van der Waals surface area contributed by atoms with Gasteiger partial charge in [0, 0.05) is 69.2 Å². The minimum Gasteiger partial charge on any atom is -0.456 e. The number of rotatable bonds is 16. The molecule has 16 atom stereocenters. The molecule has 0 amide bonds. The van der Waals surface area contributed by atoms with Gasteiger partial charge in [-0.2, -0.15) is 0 Å². The summed E-state index contributed by atoms with van der Waals surface area (Å²) in [5, 5.41) is 0. The highest BCUT2D eigenvalue weighted by Crippen LogP contribution is 2.35. The molecule has 4 aliphatic heterocycles. The van der Waals surface area contributed by atoms with Crippen LogP contribution in [0.3, 0.4) is 0 Å². The second-order valence-electron chi connectivity index (χ2n) is 15.2. The third-order valence-electron chi connectivity index (χ3n) is 9.48. The van der Waals surface area contributed by atoms with E-state index in [9.17, 15) is 47.9 Å². The van der Waals surface area contributed by atoms with Crippen molar-refractivity contribution < 1.29 is 128 Å². The molecule has 0 saturated carbocycles. The number of carbonyl (C=O) groups is 10. The van der Waals surface area contributed by atoms with Crippen LogP contribution in [0.1, 0.15) is 69.2 Å². The third-order valence-corrected chi connectivity index (χ3v) is 9.48. The molecule has 27 heteroatoms. The molecule has 4 rings (SSSR count). The Morgan fingerprint density at radius 2 is 0.448 bits per heavy atom. The minimum absolute atomic E-state index is 0.446. The Bertz CT molecular complexity index is 1710. The first kappa shape index (κ1) is 54.0. The lowest BCUT2D eigenvalue weighted by molar-refractivity contribution is -0.358. The molecule has 4 fully saturated rings. The van der Waals surface area contributed by atoms with Gasteiger partial charge in [-0.25, -0.2) is 0 Å². The summed E-state index contributed by atoms with van der Waals surface area (Å²) in [6.07, 6.45) is -25.1. The van der Waals surface area contributed by atoms with E-state index in [0.29, 0.717) is 0 Å². The van der Waals surface area contributed by atoms with Crippen molar-refractivity contribution in [1.29, 1.82) is 0 Å². The largest absolute Gasteiger partial charge is 0.456 e. The van der Waals surface area contributed by atoms with E-state index in [1.165, 1.54) is 0 Å². The molecule has 0 aromatic carbocycles. The van der Waals surface area contributed by atoms with Crippen molar-refractivity contribution in [3.63, 3.8) is 0 Å². The molecule has 0 bridgehead atoms. The van der Waals surface area contributed by atoms with Crippen LogP contribution in [0, 0.1) is 0 Å². The summed E-state index contributed by atoms with van der Waals surface area (Å²) in [4.78, 5) is 123. The lowest BCUT2D eigenvalue weighted by Gasteiger charge is -2.47. The summed E-state index contributed by atoms with van der Waals surface area (Å²) in [6.45, 7) is 8.28. The monoisotopic (exact) mass is 966 g/mol. The highest BCUT2D eigenvalue weighted by molar-refractivity contribution is 5.70. The molecule has 27 nitrogen and oxygen atoms in total. The Morgan fingerprint density at radius 1 is 0.254 bits per heavy atom. The van der Waals surface area contributed by atoms with Gasteiger partial charge >= 0.3 is 59.7 Å². The smallest absolute Gasteiger partial charge is 0.305 e. The van der Waals surface area contributed by atoms with E-state index in [-0.39, 0.29) is 0 Å². The number of hydrogen-bond donors (Lipinski definition) is 0. The predicted octanol–water partition coefficient (Wildman–Crippen LogP) is -1.48. The lowest BCUT2D eigenvalue weighted by Crippen LogP contribution is -2.65. The Balaban J connectivity index is 1.66. The second kappa shape index (κ2) is 24.4. The summed E-state index contributed by atoms with van der Waals surface area (Å²) in [6, 6.07) is 0. The second-order valence-corrected chi connectivity index (χ2v) is 15.2. The summed E-state index contributed by atoms with van der Waals surface area (Å²) < 4.78 is 96.1. The SMILES string of the molecule is CC(=O)OC1OC[C@@H](O[C@@H]2OC[C@@H](O[C@@H]3OC[C@@H](O[C@@H]4OC[C@@H](OC(C)=O)[C@H](OC(C)=O)[C@H]4OC(C)=O)[C@H](OC(C)=O)[C@H]3OC(C)=O)[C@H](OC(C)=O)[C@H]2OC(C)=O)[C@H](OC(C)=O)[C@H]1OC(C)=O. The fraction of sp³-hybridized carbons (Fsp3) is 0.750. The molecule has 4 heterocycles. The van der Waals surface area contributed by atoms with Crippen molar-refractivity contribution in [2.75, 3.05) is 26.4 Å². The van der Waals surface area contributed by atoms with Crippen LogP contribution < -0.4 is 0 Å². The number of hydrogen-bond acceptors (Lipinski definition) is 27. The maximum absolute atomic E-state index is 12.6. The molecule has 0 spiro atoms. The average molecular weight is 967 g/mol. The van der Waals surface area contributed by atoms with Gasteiger partial charge in [0.1, 0.15) is 18.3 Å². The van der Waals surface area contributed by atoms with E-state index in [1.54, 1.807) is 0 Å². The van der Waals surface area contributed by atoms with Crippen LogP contribution in [0.2, 0.25) is 0 Å². The molecule has 376 valence electrons. The van der Waals surface area contributed by atoms with Crippen LogP contribution in [0.4, 0.5) is 0 Å². The zero-order valence-corrected chi connectivity index (χ0v) is 38.1. The minimum atomic E-state index is -1.73. The van der Waals surface area contributed by atoms with Gasteiger partial charge in [-0.15, -0.1) is 0 Å². The van der Waals surface area contributed by atoms with Crippen molar-refractivity contribution >= 4 is 59.7 Å². The predicted molar refractivity (Wildman–Crippen MR) is 205 cm³/mol. The molecule has 0 aliphatic carbocycles. The van der Waals surface area contributed by atoms with Gasteiger partial charge in [-0.05, 0) is 0 Å². The van der Waals surface area contributed by atoms with Crippen LogP contribution in [0.15, 0.2) is 0 Å². The first-order valence-electron chi connectivity index (χ1n) is 20.6. The van der Waals surface area contributed by atoms with E-state index >= 15 is 0 Å². The van der Waals surface area contributed by atoms with Gasteiger partial charge in [0.15, 0.2) is 67.7 Å². The Hall–Kier alpha value is -5.58. The van der Waals surface area contributed by atoms with Gasteiger partial charge in [-0.3, -0.25) is 47.9 Å². The third kappa shape index (κ3) is 15.8. The maximum atomic E-state index is 12.6. The highest BCUT2D eigenvalue weighted by Gasteiger charge is 2.56. The van der Waals surface area contributed by atoms with Gasteiger partial charge in [0.05, 0.1) is 26.4 Å². The van der Waals surface area contributed by atoms with Gasteiger partial charge in [0.25, 0.3) is 0 Å². The fourth-order valence-electron chi connectivity index (χ4n) is 7.37. The normalized spacial score (nSPS) is 33.8. The van der Waals surface area contributed by atoms with Crippen LogP contribution in [0.5, 0.6) is 0 Å². The summed E-state index contributed by atoms with van der Waals surface area (Å²) >= 11 is 0. The first-order valence-corrected chi connectivity index (χ1v) is 20.6. The lowest BCUT2D eigenvalue weighted by atomic mass is 10.0. The van der Waals surface area contributed by atoms with Crippen LogP contribution >= 0.6 is 0 Å². The number of ether oxygens (including phenoxy) is 17. The summed E-state index contributed by atoms with van der Waals surface area (Å²) in [5.41, 5.74) is 0. The average Bonchev–Trinajstić information content (AvgIpc) is 3.18. The standard InChI is InChI=1S/C40H54O27/c1-15(41)55-25-11-52-38(34(61-21(7)47)29(25)56-16(2)42)66-27-13-54-40(36(63-23(9)49)31(27)58-18(4)44)67-28-14-53-39(35(62-22(8)48)32(28)59-19(5)45)65-26-12-51-37(64-24(10)50)33(60-20(6)46)30(26)57-17(3)43/h25-40H,11-14H2,1-10H3/t25-,26-,27-,28-,29+,30+,31+,32+,33-,34-,35-,36-,37?,38+,39+,40+/m1/s1. The van der Waals surface area contributed by atoms with E-state index in [2.05, 4.69) is 0 Å². The van der Waals surface area contributed by atoms with E-state index in [0.717, 1.165) is 69.2 Å². The Morgan fingerprint density at radius 3 is 0.701 bits per heavy atom. The molecule has 67 heavy (non-hydrogen) atoms. The van der Waals surface area contributed by atoms with Crippen LogP contribution in [-0.2, 0) is 128 Å². The zero-order valence-electron chi connectivity index (χ0n) is 38.1. The molecule has 4 aliphatic rings. The van der Waals surface area contributed by atoms with Crippen molar-refractivity contribution in [3.05, 3.63) is 0 Å². The molecule has 0 aromatic rings. The molecule has 1 unspecified atom stereocenters. The fourth-order valence-corrected chi connectivity index (χ4v) is 7.37. The van der Waals surface area contributed by atoms with Crippen LogP contribution in [0.25, 0.3) is 0 Å². The maximum Gasteiger partial charge on any atom is 0.305 e. The molecule has 0 aromatic heterocycles. The van der Waals surface area contributed by atoms with Crippen molar-refractivity contribution in [1.82, 2.24) is 0 Å². The summed E-state index contributed by atoms with van der Waals surface area (Å²) in [5.74, 6) is -8.87. The molecular weight excluding hydrogens is 912 g/mol. The number of esters is 10. The molecule has 0 radical (unpaired) electrons. The van der Waals surface area contributed by atoms with Crippen molar-refractivity contribution in [2.45, 2.75) is 168 Å². The van der Waals surface area contributed by atoms with E-state index in [1.807, 2.05) is 0 Å². The topological polar surface area (TPSA) is 328 Å². The van der Waals surface area contributed by atoms with E-state index in [4.69, 9.17) is 80.5 Å². The van der Waals surface area contributed by atoms with Gasteiger partial charge in [-0.1, -0.05) is 0 Å². The number of carbonyl (C=O) groups excluding carboxylic acids is 10. The molecular formula is C40H54O27. The van der Waals surface area contributed by atoms with Crippen LogP contribution in [-0.4, -0.2) is 185 Å². The molecule has 4 saturated heterocycles. The first-order chi connectivity index (χ1) is 31.4. The quantitative estimate of drug-likeness (QED) is 0.126. The zero-order chi connectivity index (χ0) is 49.9. The summed E-state index contributed by atoms with van der Waals surface area (Å²) in [7, 11) is 0.